The molecule has 0 saturated carbocycles. The zero-order valence-corrected chi connectivity index (χ0v) is 12.4. The minimum atomic E-state index is -0.278. The molecule has 0 saturated heterocycles. The molecule has 6 nitrogen and oxygen atoms in total. The second kappa shape index (κ2) is 6.96. The average Bonchev–Trinajstić information content (AvgIpc) is 2.92. The number of nitrogens with zero attached hydrogens (tertiary/aromatic N) is 1. The first kappa shape index (κ1) is 15.1. The summed E-state index contributed by atoms with van der Waals surface area (Å²) in [6.45, 7) is 2.57. The van der Waals surface area contributed by atoms with E-state index in [1.165, 1.54) is 17.5 Å². The lowest BCUT2D eigenvalue weighted by molar-refractivity contribution is 0.0955. The molecule has 7 heteroatoms. The minimum Gasteiger partial charge on any atom is -0.351 e. The molecule has 0 radical (unpaired) electrons. The number of thiazole rings is 1. The number of nitrogens with one attached hydrogen (secondary N) is 2. The van der Waals surface area contributed by atoms with Gasteiger partial charge in [-0.05, 0) is 19.1 Å². The van der Waals surface area contributed by atoms with Crippen LogP contribution in [-0.4, -0.2) is 29.9 Å². The molecule has 0 aliphatic rings. The van der Waals surface area contributed by atoms with Crippen molar-refractivity contribution in [2.45, 2.75) is 6.92 Å². The molecule has 2 amide bonds. The number of amides is 2. The number of nitrogens with two attached hydrogens (primary N) is 1. The van der Waals surface area contributed by atoms with E-state index < -0.39 is 0 Å². The summed E-state index contributed by atoms with van der Waals surface area (Å²) >= 11 is 1.30. The van der Waals surface area contributed by atoms with Crippen molar-refractivity contribution in [2.24, 2.45) is 5.73 Å². The highest BCUT2D eigenvalue weighted by atomic mass is 32.1. The third-order valence-corrected chi connectivity index (χ3v) is 3.61. The Morgan fingerprint density at radius 1 is 1.29 bits per heavy atom. The first-order chi connectivity index (χ1) is 10.1. The largest absolute Gasteiger partial charge is 0.351 e. The maximum Gasteiger partial charge on any atom is 0.267 e. The minimum absolute atomic E-state index is 0.267. The SMILES string of the molecule is Cc1ncc(C(=O)Nc2ccccc2C(=O)NCCN)s1. The van der Waals surface area contributed by atoms with Gasteiger partial charge in [-0.25, -0.2) is 4.98 Å². The average molecular weight is 304 g/mol. The fourth-order valence-corrected chi connectivity index (χ4v) is 2.39. The Morgan fingerprint density at radius 3 is 2.71 bits per heavy atom. The fraction of sp³-hybridized carbons (Fsp3) is 0.214. The quantitative estimate of drug-likeness (QED) is 0.777. The number of benzene rings is 1. The van der Waals surface area contributed by atoms with Gasteiger partial charge in [-0.3, -0.25) is 9.59 Å². The van der Waals surface area contributed by atoms with Crippen LogP contribution in [0.5, 0.6) is 0 Å². The molecule has 0 aliphatic carbocycles. The van der Waals surface area contributed by atoms with E-state index in [1.807, 2.05) is 6.92 Å². The second-order valence-electron chi connectivity index (χ2n) is 4.29. The van der Waals surface area contributed by atoms with Gasteiger partial charge in [0.15, 0.2) is 0 Å². The maximum atomic E-state index is 12.1. The Balaban J connectivity index is 2.16. The highest BCUT2D eigenvalue weighted by molar-refractivity contribution is 7.13. The van der Waals surface area contributed by atoms with Crippen LogP contribution in [0, 0.1) is 6.92 Å². The summed E-state index contributed by atoms with van der Waals surface area (Å²) < 4.78 is 0. The summed E-state index contributed by atoms with van der Waals surface area (Å²) in [5, 5.41) is 6.23. The number of anilines is 1. The predicted molar refractivity (Wildman–Crippen MR) is 82.6 cm³/mol. The van der Waals surface area contributed by atoms with Crippen molar-refractivity contribution in [1.29, 1.82) is 0 Å². The molecule has 21 heavy (non-hydrogen) atoms. The first-order valence-electron chi connectivity index (χ1n) is 6.43. The van der Waals surface area contributed by atoms with Crippen molar-refractivity contribution in [3.63, 3.8) is 0 Å². The van der Waals surface area contributed by atoms with Crippen molar-refractivity contribution in [1.82, 2.24) is 10.3 Å². The van der Waals surface area contributed by atoms with Gasteiger partial charge in [-0.15, -0.1) is 11.3 Å². The summed E-state index contributed by atoms with van der Waals surface area (Å²) in [5.41, 5.74) is 6.23. The maximum absolute atomic E-state index is 12.1. The summed E-state index contributed by atoms with van der Waals surface area (Å²) in [6, 6.07) is 6.83. The lowest BCUT2D eigenvalue weighted by Crippen LogP contribution is -2.29. The van der Waals surface area contributed by atoms with Crippen molar-refractivity contribution >= 4 is 28.8 Å². The fourth-order valence-electron chi connectivity index (χ4n) is 1.72. The molecule has 0 unspecified atom stereocenters. The van der Waals surface area contributed by atoms with Crippen LogP contribution in [0.15, 0.2) is 30.5 Å². The van der Waals surface area contributed by atoms with Crippen LogP contribution in [0.4, 0.5) is 5.69 Å². The summed E-state index contributed by atoms with van der Waals surface area (Å²) in [7, 11) is 0. The molecule has 1 aromatic carbocycles. The van der Waals surface area contributed by atoms with Gasteiger partial charge in [0.25, 0.3) is 11.8 Å². The molecular formula is C14H16N4O2S. The topological polar surface area (TPSA) is 97.1 Å². The molecule has 0 fully saturated rings. The number of hydrogen-bond donors (Lipinski definition) is 3. The molecule has 4 N–H and O–H groups in total. The number of para-hydroxylation sites is 1. The molecule has 0 bridgehead atoms. The summed E-state index contributed by atoms with van der Waals surface area (Å²) in [6.07, 6.45) is 1.52. The number of carbonyl (C=O) groups excluding carboxylic acids is 2. The number of hydrogen-bond acceptors (Lipinski definition) is 5. The Bertz CT molecular complexity index is 654. The number of rotatable bonds is 5. The molecule has 1 heterocycles. The van der Waals surface area contributed by atoms with Gasteiger partial charge in [0.1, 0.15) is 4.88 Å². The van der Waals surface area contributed by atoms with Gasteiger partial charge >= 0.3 is 0 Å². The van der Waals surface area contributed by atoms with Gasteiger partial charge in [0.05, 0.1) is 22.5 Å². The van der Waals surface area contributed by atoms with Gasteiger partial charge in [-0.2, -0.15) is 0 Å². The van der Waals surface area contributed by atoms with Crippen molar-refractivity contribution < 1.29 is 9.59 Å². The first-order valence-corrected chi connectivity index (χ1v) is 7.24. The number of aromatic nitrogens is 1. The second-order valence-corrected chi connectivity index (χ2v) is 5.52. The highest BCUT2D eigenvalue weighted by Gasteiger charge is 2.14. The normalized spacial score (nSPS) is 10.2. The standard InChI is InChI=1S/C14H16N4O2S/c1-9-17-8-12(21-9)14(20)18-11-5-3-2-4-10(11)13(19)16-7-6-15/h2-5,8H,6-7,15H2,1H3,(H,16,19)(H,18,20). The van der Waals surface area contributed by atoms with Crippen LogP contribution < -0.4 is 16.4 Å². The van der Waals surface area contributed by atoms with Gasteiger partial charge in [-0.1, -0.05) is 12.1 Å². The van der Waals surface area contributed by atoms with Crippen LogP contribution in [0.3, 0.4) is 0 Å². The summed E-state index contributed by atoms with van der Waals surface area (Å²) in [4.78, 5) is 28.7. The van der Waals surface area contributed by atoms with Gasteiger partial charge in [0, 0.05) is 13.1 Å². The van der Waals surface area contributed by atoms with Crippen LogP contribution in [-0.2, 0) is 0 Å². The molecule has 2 rings (SSSR count). The molecular weight excluding hydrogens is 288 g/mol. The van der Waals surface area contributed by atoms with Crippen molar-refractivity contribution in [3.8, 4) is 0 Å². The monoisotopic (exact) mass is 304 g/mol. The van der Waals surface area contributed by atoms with E-state index in [4.69, 9.17) is 5.73 Å². The Morgan fingerprint density at radius 2 is 2.05 bits per heavy atom. The molecule has 110 valence electrons. The third kappa shape index (κ3) is 3.87. The zero-order valence-electron chi connectivity index (χ0n) is 11.6. The number of aryl methyl sites for hydroxylation is 1. The third-order valence-electron chi connectivity index (χ3n) is 2.69. The van der Waals surface area contributed by atoms with Crippen molar-refractivity contribution in [2.75, 3.05) is 18.4 Å². The predicted octanol–water partition coefficient (Wildman–Crippen LogP) is 1.39. The summed E-state index contributed by atoms with van der Waals surface area (Å²) in [5.74, 6) is -0.545. The van der Waals surface area contributed by atoms with E-state index >= 15 is 0 Å². The van der Waals surface area contributed by atoms with Crippen LogP contribution in [0.2, 0.25) is 0 Å². The van der Waals surface area contributed by atoms with Crippen LogP contribution >= 0.6 is 11.3 Å². The van der Waals surface area contributed by atoms with E-state index in [-0.39, 0.29) is 11.8 Å². The zero-order chi connectivity index (χ0) is 15.2. The molecule has 2 aromatic rings. The molecule has 0 aliphatic heterocycles. The number of carbonyl (C=O) groups is 2. The van der Waals surface area contributed by atoms with Gasteiger partial charge < -0.3 is 16.4 Å². The smallest absolute Gasteiger partial charge is 0.267 e. The van der Waals surface area contributed by atoms with E-state index in [0.717, 1.165) is 5.01 Å². The lowest BCUT2D eigenvalue weighted by atomic mass is 10.1. The lowest BCUT2D eigenvalue weighted by Gasteiger charge is -2.10. The molecule has 0 atom stereocenters. The van der Waals surface area contributed by atoms with Crippen molar-refractivity contribution in [3.05, 3.63) is 45.9 Å². The van der Waals surface area contributed by atoms with Gasteiger partial charge in [0.2, 0.25) is 0 Å². The Hall–Kier alpha value is -2.25. The van der Waals surface area contributed by atoms with Crippen LogP contribution in [0.25, 0.3) is 0 Å². The molecule has 0 spiro atoms. The van der Waals surface area contributed by atoms with E-state index in [9.17, 15) is 9.59 Å². The van der Waals surface area contributed by atoms with Crippen LogP contribution in [0.1, 0.15) is 25.0 Å². The Labute approximate surface area is 126 Å². The molecule has 1 aromatic heterocycles. The van der Waals surface area contributed by atoms with E-state index in [0.29, 0.717) is 29.2 Å². The Kier molecular flexibility index (Phi) is 5.02. The van der Waals surface area contributed by atoms with E-state index in [1.54, 1.807) is 24.3 Å². The highest BCUT2D eigenvalue weighted by Crippen LogP contribution is 2.18. The van der Waals surface area contributed by atoms with E-state index in [2.05, 4.69) is 15.6 Å².